The lowest BCUT2D eigenvalue weighted by Crippen LogP contribution is -2.12. The second kappa shape index (κ2) is 6.43. The van der Waals surface area contributed by atoms with Gasteiger partial charge in [-0.2, -0.15) is 0 Å². The predicted octanol–water partition coefficient (Wildman–Crippen LogP) is 4.08. The molecule has 5 heteroatoms. The molecule has 0 saturated carbocycles. The molecule has 19 heavy (non-hydrogen) atoms. The number of amides is 1. The highest BCUT2D eigenvalue weighted by Gasteiger charge is 2.14. The number of hydrogen-bond donors (Lipinski definition) is 1. The summed E-state index contributed by atoms with van der Waals surface area (Å²) >= 11 is 3.18. The molecule has 0 radical (unpaired) electrons. The van der Waals surface area contributed by atoms with E-state index < -0.39 is 0 Å². The predicted molar refractivity (Wildman–Crippen MR) is 76.6 cm³/mol. The maximum atomic E-state index is 12.1. The van der Waals surface area contributed by atoms with Gasteiger partial charge in [-0.05, 0) is 40.5 Å². The summed E-state index contributed by atoms with van der Waals surface area (Å²) < 4.78 is 11.0. The first-order valence-electron chi connectivity index (χ1n) is 5.98. The summed E-state index contributed by atoms with van der Waals surface area (Å²) in [5, 5.41) is 2.81. The molecule has 1 heterocycles. The molecule has 0 aliphatic rings. The van der Waals surface area contributed by atoms with Gasteiger partial charge in [0.25, 0.3) is 5.91 Å². The molecule has 1 N–H and O–H groups in total. The van der Waals surface area contributed by atoms with E-state index >= 15 is 0 Å². The number of nitrogens with one attached hydrogen (secondary N) is 1. The molecule has 0 bridgehead atoms. The van der Waals surface area contributed by atoms with E-state index in [1.54, 1.807) is 12.1 Å². The van der Waals surface area contributed by atoms with Gasteiger partial charge in [0.15, 0.2) is 4.67 Å². The molecule has 0 atom stereocenters. The highest BCUT2D eigenvalue weighted by molar-refractivity contribution is 9.10. The van der Waals surface area contributed by atoms with Crippen LogP contribution in [-0.4, -0.2) is 12.5 Å². The fourth-order valence-corrected chi connectivity index (χ4v) is 1.97. The Kier molecular flexibility index (Phi) is 4.63. The van der Waals surface area contributed by atoms with Crippen LogP contribution in [0.3, 0.4) is 0 Å². The molecule has 0 saturated heterocycles. The van der Waals surface area contributed by atoms with Crippen LogP contribution in [0.1, 0.15) is 23.7 Å². The molecule has 0 aliphatic carbocycles. The van der Waals surface area contributed by atoms with Crippen molar-refractivity contribution in [1.29, 1.82) is 0 Å². The van der Waals surface area contributed by atoms with E-state index in [1.165, 1.54) is 6.26 Å². The normalized spacial score (nSPS) is 10.2. The van der Waals surface area contributed by atoms with Crippen LogP contribution in [0.2, 0.25) is 0 Å². The van der Waals surface area contributed by atoms with E-state index in [1.807, 2.05) is 25.1 Å². The van der Waals surface area contributed by atoms with E-state index in [-0.39, 0.29) is 5.91 Å². The number of furan rings is 1. The number of carbonyl (C=O) groups is 1. The van der Waals surface area contributed by atoms with Crippen molar-refractivity contribution in [2.75, 3.05) is 11.9 Å². The smallest absolute Gasteiger partial charge is 0.260 e. The van der Waals surface area contributed by atoms with Crippen molar-refractivity contribution >= 4 is 27.5 Å². The summed E-state index contributed by atoms with van der Waals surface area (Å²) in [4.78, 5) is 12.1. The number of para-hydroxylation sites is 2. The van der Waals surface area contributed by atoms with Gasteiger partial charge in [-0.1, -0.05) is 19.1 Å². The zero-order chi connectivity index (χ0) is 13.7. The number of ether oxygens (including phenoxy) is 1. The van der Waals surface area contributed by atoms with Crippen molar-refractivity contribution in [2.24, 2.45) is 0 Å². The molecular formula is C14H14BrNO3. The summed E-state index contributed by atoms with van der Waals surface area (Å²) in [5.74, 6) is 0.422. The second-order valence-electron chi connectivity index (χ2n) is 3.91. The number of halogens is 1. The van der Waals surface area contributed by atoms with Crippen molar-refractivity contribution in [1.82, 2.24) is 0 Å². The second-order valence-corrected chi connectivity index (χ2v) is 4.63. The van der Waals surface area contributed by atoms with Crippen molar-refractivity contribution in [3.05, 3.63) is 46.8 Å². The Bertz CT molecular complexity index is 565. The van der Waals surface area contributed by atoms with Crippen LogP contribution in [0, 0.1) is 0 Å². The molecule has 2 rings (SSSR count). The highest BCUT2D eigenvalue weighted by Crippen LogP contribution is 2.26. The third-order valence-corrected chi connectivity index (χ3v) is 3.07. The molecule has 1 amide bonds. The SMILES string of the molecule is CCCOc1ccccc1NC(=O)c1ccoc1Br. The van der Waals surface area contributed by atoms with E-state index in [0.717, 1.165) is 6.42 Å². The molecule has 4 nitrogen and oxygen atoms in total. The van der Waals surface area contributed by atoms with Gasteiger partial charge in [0.05, 0.1) is 24.1 Å². The minimum absolute atomic E-state index is 0.242. The monoisotopic (exact) mass is 323 g/mol. The Morgan fingerprint density at radius 1 is 1.37 bits per heavy atom. The molecule has 2 aromatic rings. The molecular weight excluding hydrogens is 310 g/mol. The van der Waals surface area contributed by atoms with Crippen molar-refractivity contribution in [3.63, 3.8) is 0 Å². The van der Waals surface area contributed by atoms with Crippen LogP contribution in [0.5, 0.6) is 5.75 Å². The summed E-state index contributed by atoms with van der Waals surface area (Å²) in [6.45, 7) is 2.64. The summed E-state index contributed by atoms with van der Waals surface area (Å²) in [5.41, 5.74) is 1.10. The van der Waals surface area contributed by atoms with E-state index in [0.29, 0.717) is 28.3 Å². The lowest BCUT2D eigenvalue weighted by molar-refractivity contribution is 0.102. The maximum absolute atomic E-state index is 12.1. The van der Waals surface area contributed by atoms with Crippen molar-refractivity contribution < 1.29 is 13.9 Å². The standard InChI is InChI=1S/C14H14BrNO3/c1-2-8-18-12-6-4-3-5-11(12)16-14(17)10-7-9-19-13(10)15/h3-7,9H,2,8H2,1H3,(H,16,17). The van der Waals surface area contributed by atoms with E-state index in [2.05, 4.69) is 21.2 Å². The largest absolute Gasteiger partial charge is 0.491 e. The first-order valence-corrected chi connectivity index (χ1v) is 6.78. The molecule has 1 aromatic carbocycles. The van der Waals surface area contributed by atoms with Gasteiger partial charge >= 0.3 is 0 Å². The van der Waals surface area contributed by atoms with Gasteiger partial charge in [0.1, 0.15) is 5.75 Å². The van der Waals surface area contributed by atoms with Gasteiger partial charge < -0.3 is 14.5 Å². The van der Waals surface area contributed by atoms with Crippen molar-refractivity contribution in [3.8, 4) is 5.75 Å². The molecule has 0 spiro atoms. The molecule has 1 aromatic heterocycles. The molecule has 0 aliphatic heterocycles. The van der Waals surface area contributed by atoms with E-state index in [4.69, 9.17) is 9.15 Å². The lowest BCUT2D eigenvalue weighted by Gasteiger charge is -2.11. The summed E-state index contributed by atoms with van der Waals surface area (Å²) in [6, 6.07) is 8.95. The Hall–Kier alpha value is -1.75. The van der Waals surface area contributed by atoms with Crippen LogP contribution in [-0.2, 0) is 0 Å². The average Bonchev–Trinajstić information content (AvgIpc) is 2.84. The number of hydrogen-bond acceptors (Lipinski definition) is 3. The minimum Gasteiger partial charge on any atom is -0.491 e. The molecule has 100 valence electrons. The van der Waals surface area contributed by atoms with E-state index in [9.17, 15) is 4.79 Å². The van der Waals surface area contributed by atoms with Gasteiger partial charge in [0.2, 0.25) is 0 Å². The Balaban J connectivity index is 2.15. The number of benzene rings is 1. The van der Waals surface area contributed by atoms with Gasteiger partial charge in [-0.25, -0.2) is 0 Å². The topological polar surface area (TPSA) is 51.5 Å². The fourth-order valence-electron chi connectivity index (χ4n) is 1.55. The summed E-state index contributed by atoms with van der Waals surface area (Å²) in [6.07, 6.45) is 2.37. The van der Waals surface area contributed by atoms with Gasteiger partial charge in [-0.3, -0.25) is 4.79 Å². The van der Waals surface area contributed by atoms with Crippen LogP contribution in [0.25, 0.3) is 0 Å². The van der Waals surface area contributed by atoms with Crippen molar-refractivity contribution in [2.45, 2.75) is 13.3 Å². The molecule has 0 fully saturated rings. The Morgan fingerprint density at radius 2 is 2.16 bits per heavy atom. The van der Waals surface area contributed by atoms with Crippen LogP contribution >= 0.6 is 15.9 Å². The average molecular weight is 324 g/mol. The van der Waals surface area contributed by atoms with Crippen LogP contribution in [0.15, 0.2) is 45.7 Å². The first kappa shape index (κ1) is 13.7. The maximum Gasteiger partial charge on any atom is 0.260 e. The zero-order valence-electron chi connectivity index (χ0n) is 10.5. The van der Waals surface area contributed by atoms with Gasteiger partial charge in [0, 0.05) is 0 Å². The van der Waals surface area contributed by atoms with Gasteiger partial charge in [-0.15, -0.1) is 0 Å². The third-order valence-electron chi connectivity index (χ3n) is 2.46. The number of rotatable bonds is 5. The van der Waals surface area contributed by atoms with Crippen LogP contribution in [0.4, 0.5) is 5.69 Å². The quantitative estimate of drug-likeness (QED) is 0.901. The Morgan fingerprint density at radius 3 is 2.84 bits per heavy atom. The number of anilines is 1. The zero-order valence-corrected chi connectivity index (χ0v) is 12.1. The summed E-state index contributed by atoms with van der Waals surface area (Å²) in [7, 11) is 0. The first-order chi connectivity index (χ1) is 9.22. The van der Waals surface area contributed by atoms with Crippen LogP contribution < -0.4 is 10.1 Å². The number of carbonyl (C=O) groups excluding carboxylic acids is 1. The Labute approximate surface area is 119 Å². The fraction of sp³-hybridized carbons (Fsp3) is 0.214. The third kappa shape index (κ3) is 3.38. The highest BCUT2D eigenvalue weighted by atomic mass is 79.9. The minimum atomic E-state index is -0.242. The molecule has 0 unspecified atom stereocenters. The lowest BCUT2D eigenvalue weighted by atomic mass is 10.2.